The van der Waals surface area contributed by atoms with E-state index in [-0.39, 0.29) is 17.1 Å². The minimum Gasteiger partial charge on any atom is -0.348 e. The Labute approximate surface area is 125 Å². The highest BCUT2D eigenvalue weighted by Gasteiger charge is 2.23. The van der Waals surface area contributed by atoms with Crippen LogP contribution >= 0.6 is 11.6 Å². The topological polar surface area (TPSA) is 85.1 Å². The Morgan fingerprint density at radius 1 is 1.38 bits per heavy atom. The lowest BCUT2D eigenvalue weighted by Gasteiger charge is -2.06. The fourth-order valence-electron chi connectivity index (χ4n) is 1.76. The van der Waals surface area contributed by atoms with E-state index in [1.54, 1.807) is 6.20 Å². The third-order valence-electron chi connectivity index (χ3n) is 2.84. The molecule has 0 atom stereocenters. The van der Waals surface area contributed by atoms with Gasteiger partial charge in [-0.2, -0.15) is 0 Å². The number of aromatic nitrogens is 1. The molecule has 21 heavy (non-hydrogen) atoms. The summed E-state index contributed by atoms with van der Waals surface area (Å²) in [5, 5.41) is 13.5. The van der Waals surface area contributed by atoms with Gasteiger partial charge in [-0.3, -0.25) is 19.9 Å². The summed E-state index contributed by atoms with van der Waals surface area (Å²) in [6.45, 7) is 2.09. The number of para-hydroxylation sites is 1. The maximum atomic E-state index is 12.1. The predicted octanol–water partition coefficient (Wildman–Crippen LogP) is 2.88. The average molecular weight is 306 g/mol. The Hall–Kier alpha value is -2.47. The third-order valence-corrected chi connectivity index (χ3v) is 3.14. The number of pyridine rings is 1. The van der Waals surface area contributed by atoms with Gasteiger partial charge in [0, 0.05) is 18.4 Å². The molecule has 6 nitrogen and oxygen atoms in total. The van der Waals surface area contributed by atoms with E-state index < -0.39 is 16.5 Å². The Bertz CT molecular complexity index is 686. The smallest absolute Gasteiger partial charge is 0.300 e. The summed E-state index contributed by atoms with van der Waals surface area (Å²) in [4.78, 5) is 26.5. The summed E-state index contributed by atoms with van der Waals surface area (Å²) in [5.41, 5.74) is 1.22. The van der Waals surface area contributed by atoms with Gasteiger partial charge >= 0.3 is 5.69 Å². The number of carbonyl (C=O) groups excluding carboxylic acids is 1. The van der Waals surface area contributed by atoms with Gasteiger partial charge in [-0.1, -0.05) is 23.7 Å². The van der Waals surface area contributed by atoms with Crippen LogP contribution in [0.3, 0.4) is 0 Å². The lowest BCUT2D eigenvalue weighted by Crippen LogP contribution is -2.23. The normalized spacial score (nSPS) is 10.2. The van der Waals surface area contributed by atoms with Crippen LogP contribution in [0.25, 0.3) is 0 Å². The number of rotatable bonds is 4. The summed E-state index contributed by atoms with van der Waals surface area (Å²) in [6, 6.07) is 7.89. The van der Waals surface area contributed by atoms with E-state index >= 15 is 0 Å². The van der Waals surface area contributed by atoms with Gasteiger partial charge in [-0.25, -0.2) is 0 Å². The van der Waals surface area contributed by atoms with Crippen molar-refractivity contribution in [3.05, 3.63) is 68.5 Å². The number of nitrogens with one attached hydrogen (secondary N) is 1. The number of amides is 1. The zero-order chi connectivity index (χ0) is 15.4. The first kappa shape index (κ1) is 14.9. The van der Waals surface area contributed by atoms with Crippen LogP contribution in [0.2, 0.25) is 5.02 Å². The molecule has 0 radical (unpaired) electrons. The third kappa shape index (κ3) is 3.55. The van der Waals surface area contributed by atoms with Crippen LogP contribution in [0, 0.1) is 17.0 Å². The Kier molecular flexibility index (Phi) is 4.49. The van der Waals surface area contributed by atoms with Gasteiger partial charge in [0.1, 0.15) is 10.6 Å². The van der Waals surface area contributed by atoms with E-state index in [1.807, 2.05) is 19.1 Å². The Morgan fingerprint density at radius 3 is 2.76 bits per heavy atom. The summed E-state index contributed by atoms with van der Waals surface area (Å²) >= 11 is 5.77. The van der Waals surface area contributed by atoms with E-state index in [2.05, 4.69) is 10.3 Å². The van der Waals surface area contributed by atoms with Crippen molar-refractivity contribution in [2.75, 3.05) is 0 Å². The molecule has 1 aromatic carbocycles. The predicted molar refractivity (Wildman–Crippen MR) is 78.3 cm³/mol. The molecule has 0 fully saturated rings. The monoisotopic (exact) mass is 305 g/mol. The molecular weight excluding hydrogens is 294 g/mol. The molecule has 7 heteroatoms. The van der Waals surface area contributed by atoms with Crippen molar-refractivity contribution in [3.8, 4) is 0 Å². The van der Waals surface area contributed by atoms with Crippen LogP contribution < -0.4 is 5.32 Å². The van der Waals surface area contributed by atoms with E-state index in [9.17, 15) is 14.9 Å². The van der Waals surface area contributed by atoms with Crippen molar-refractivity contribution < 1.29 is 9.72 Å². The largest absolute Gasteiger partial charge is 0.348 e. The van der Waals surface area contributed by atoms with Crippen molar-refractivity contribution in [2.45, 2.75) is 13.5 Å². The van der Waals surface area contributed by atoms with Crippen molar-refractivity contribution in [1.29, 1.82) is 0 Å². The molecule has 1 aromatic heterocycles. The average Bonchev–Trinajstić information content (AvgIpc) is 2.45. The van der Waals surface area contributed by atoms with Crippen LogP contribution in [0.15, 0.2) is 36.5 Å². The van der Waals surface area contributed by atoms with Crippen molar-refractivity contribution in [1.82, 2.24) is 10.3 Å². The number of halogens is 1. The molecule has 0 saturated heterocycles. The van der Waals surface area contributed by atoms with Gasteiger partial charge in [-0.15, -0.1) is 0 Å². The SMILES string of the molecule is Cc1ccc(CNC(=O)c2cccc(Cl)c2[N+](=O)[O-])cn1. The van der Waals surface area contributed by atoms with E-state index in [0.29, 0.717) is 0 Å². The molecule has 2 rings (SSSR count). The van der Waals surface area contributed by atoms with E-state index in [0.717, 1.165) is 11.3 Å². The number of carbonyl (C=O) groups is 1. The molecule has 0 bridgehead atoms. The summed E-state index contributed by atoms with van der Waals surface area (Å²) < 4.78 is 0. The molecule has 0 saturated carbocycles. The van der Waals surface area contributed by atoms with Gasteiger partial charge in [-0.05, 0) is 30.7 Å². The van der Waals surface area contributed by atoms with Crippen LogP contribution in [-0.2, 0) is 6.54 Å². The number of hydrogen-bond acceptors (Lipinski definition) is 4. The maximum Gasteiger partial charge on any atom is 0.300 e. The lowest BCUT2D eigenvalue weighted by molar-refractivity contribution is -0.385. The molecule has 1 N–H and O–H groups in total. The minimum atomic E-state index is -0.662. The molecule has 1 heterocycles. The first-order chi connectivity index (χ1) is 9.99. The van der Waals surface area contributed by atoms with Gasteiger partial charge in [0.2, 0.25) is 0 Å². The molecular formula is C14H12ClN3O3. The summed E-state index contributed by atoms with van der Waals surface area (Å²) in [6.07, 6.45) is 1.64. The van der Waals surface area contributed by atoms with E-state index in [4.69, 9.17) is 11.6 Å². The number of nitro benzene ring substituents is 1. The second kappa shape index (κ2) is 6.32. The molecule has 0 aliphatic rings. The molecule has 1 amide bonds. The first-order valence-corrected chi connectivity index (χ1v) is 6.49. The van der Waals surface area contributed by atoms with Crippen molar-refractivity contribution in [3.63, 3.8) is 0 Å². The number of nitrogens with zero attached hydrogens (tertiary/aromatic N) is 2. The number of benzene rings is 1. The van der Waals surface area contributed by atoms with Gasteiger partial charge < -0.3 is 5.32 Å². The quantitative estimate of drug-likeness (QED) is 0.695. The Balaban J connectivity index is 2.16. The zero-order valence-corrected chi connectivity index (χ0v) is 11.9. The molecule has 108 valence electrons. The molecule has 0 aliphatic heterocycles. The molecule has 0 spiro atoms. The fourth-order valence-corrected chi connectivity index (χ4v) is 2.01. The standard InChI is InChI=1S/C14H12ClN3O3/c1-9-5-6-10(7-16-9)8-17-14(19)11-3-2-4-12(15)13(11)18(20)21/h2-7H,8H2,1H3,(H,17,19). The van der Waals surface area contributed by atoms with Crippen molar-refractivity contribution >= 4 is 23.2 Å². The lowest BCUT2D eigenvalue weighted by atomic mass is 10.1. The molecule has 0 unspecified atom stereocenters. The van der Waals surface area contributed by atoms with Crippen molar-refractivity contribution in [2.24, 2.45) is 0 Å². The fraction of sp³-hybridized carbons (Fsp3) is 0.143. The second-order valence-electron chi connectivity index (χ2n) is 4.38. The number of hydrogen-bond donors (Lipinski definition) is 1. The molecule has 0 aliphatic carbocycles. The van der Waals surface area contributed by atoms with E-state index in [1.165, 1.54) is 18.2 Å². The van der Waals surface area contributed by atoms with Gasteiger partial charge in [0.25, 0.3) is 5.91 Å². The van der Waals surface area contributed by atoms with Crippen LogP contribution in [0.1, 0.15) is 21.6 Å². The highest BCUT2D eigenvalue weighted by atomic mass is 35.5. The zero-order valence-electron chi connectivity index (χ0n) is 11.2. The van der Waals surface area contributed by atoms with Gasteiger partial charge in [0.15, 0.2) is 0 Å². The minimum absolute atomic E-state index is 0.0624. The first-order valence-electron chi connectivity index (χ1n) is 6.11. The van der Waals surface area contributed by atoms with Crippen LogP contribution in [-0.4, -0.2) is 15.8 Å². The van der Waals surface area contributed by atoms with Gasteiger partial charge in [0.05, 0.1) is 4.92 Å². The highest BCUT2D eigenvalue weighted by Crippen LogP contribution is 2.28. The summed E-state index contributed by atoms with van der Waals surface area (Å²) in [5.74, 6) is -0.551. The Morgan fingerprint density at radius 2 is 2.14 bits per heavy atom. The van der Waals surface area contributed by atoms with Crippen LogP contribution in [0.5, 0.6) is 0 Å². The maximum absolute atomic E-state index is 12.1. The summed E-state index contributed by atoms with van der Waals surface area (Å²) in [7, 11) is 0. The molecule has 2 aromatic rings. The second-order valence-corrected chi connectivity index (χ2v) is 4.79. The number of nitro groups is 1. The highest BCUT2D eigenvalue weighted by molar-refractivity contribution is 6.33. The number of aryl methyl sites for hydroxylation is 1. The van der Waals surface area contributed by atoms with Crippen LogP contribution in [0.4, 0.5) is 5.69 Å².